The summed E-state index contributed by atoms with van der Waals surface area (Å²) in [5.74, 6) is 0.601. The minimum Gasteiger partial charge on any atom is -0.342 e. The van der Waals surface area contributed by atoms with Gasteiger partial charge in [-0.1, -0.05) is 72.8 Å². The van der Waals surface area contributed by atoms with Crippen LogP contribution in [-0.4, -0.2) is 14.1 Å². The molecule has 0 unspecified atom stereocenters. The van der Waals surface area contributed by atoms with E-state index in [-0.39, 0.29) is 5.56 Å². The van der Waals surface area contributed by atoms with Gasteiger partial charge in [0.05, 0.1) is 16.6 Å². The van der Waals surface area contributed by atoms with Gasteiger partial charge in [-0.3, -0.25) is 9.36 Å². The van der Waals surface area contributed by atoms with Gasteiger partial charge in [-0.05, 0) is 60.5 Å². The van der Waals surface area contributed by atoms with Gasteiger partial charge in [-0.25, -0.2) is 4.98 Å². The van der Waals surface area contributed by atoms with Gasteiger partial charge in [-0.2, -0.15) is 0 Å². The average molecular weight is 468 g/mol. The van der Waals surface area contributed by atoms with E-state index in [0.717, 1.165) is 28.7 Å². The van der Waals surface area contributed by atoms with Crippen LogP contribution in [0, 0.1) is 6.92 Å². The molecule has 4 nitrogen and oxygen atoms in total. The molecule has 0 aliphatic rings. The first-order chi connectivity index (χ1) is 17.7. The van der Waals surface area contributed by atoms with E-state index >= 15 is 0 Å². The minimum absolute atomic E-state index is 0.0719. The number of fused-ring (bicyclic) bond motifs is 2. The Hall–Kier alpha value is -4.70. The molecule has 0 saturated carbocycles. The first-order valence-electron chi connectivity index (χ1n) is 12.1. The summed E-state index contributed by atoms with van der Waals surface area (Å²) < 4.78 is 3.97. The van der Waals surface area contributed by atoms with Gasteiger partial charge in [-0.15, -0.1) is 0 Å². The van der Waals surface area contributed by atoms with Gasteiger partial charge in [0.1, 0.15) is 5.82 Å². The number of rotatable bonds is 5. The second-order valence-electron chi connectivity index (χ2n) is 9.02. The number of para-hydroxylation sites is 2. The Labute approximate surface area is 209 Å². The van der Waals surface area contributed by atoms with Crippen molar-refractivity contribution in [2.75, 3.05) is 0 Å². The van der Waals surface area contributed by atoms with E-state index in [1.165, 1.54) is 11.1 Å². The molecule has 0 spiro atoms. The summed E-state index contributed by atoms with van der Waals surface area (Å²) in [6.45, 7) is 2.82. The van der Waals surface area contributed by atoms with Gasteiger partial charge in [0.2, 0.25) is 0 Å². The number of hydrogen-bond donors (Lipinski definition) is 0. The van der Waals surface area contributed by atoms with Crippen molar-refractivity contribution in [3.05, 3.63) is 142 Å². The molecule has 2 aromatic heterocycles. The Bertz CT molecular complexity index is 1790. The molecule has 4 heteroatoms. The number of hydrogen-bond acceptors (Lipinski definition) is 2. The third kappa shape index (κ3) is 4.03. The molecule has 0 saturated heterocycles. The van der Waals surface area contributed by atoms with Crippen LogP contribution in [0.25, 0.3) is 39.6 Å². The maximum absolute atomic E-state index is 13.6. The lowest BCUT2D eigenvalue weighted by atomic mass is 10.1. The van der Waals surface area contributed by atoms with Crippen molar-refractivity contribution in [1.82, 2.24) is 14.1 Å². The highest BCUT2D eigenvalue weighted by Crippen LogP contribution is 2.25. The summed E-state index contributed by atoms with van der Waals surface area (Å²) >= 11 is 0. The molecular formula is C32H25N3O. The Morgan fingerprint density at radius 2 is 1.53 bits per heavy atom. The van der Waals surface area contributed by atoms with Crippen molar-refractivity contribution < 1.29 is 0 Å². The van der Waals surface area contributed by atoms with Crippen LogP contribution in [0.3, 0.4) is 0 Å². The van der Waals surface area contributed by atoms with Crippen LogP contribution in [0.1, 0.15) is 22.5 Å². The van der Waals surface area contributed by atoms with E-state index in [9.17, 15) is 4.79 Å². The molecule has 174 valence electrons. The highest BCUT2D eigenvalue weighted by atomic mass is 16.1. The molecule has 6 rings (SSSR count). The van der Waals surface area contributed by atoms with E-state index in [4.69, 9.17) is 4.98 Å². The molecule has 4 aromatic carbocycles. The number of aromatic nitrogens is 3. The van der Waals surface area contributed by atoms with E-state index in [2.05, 4.69) is 65.4 Å². The molecule has 0 aliphatic carbocycles. The summed E-state index contributed by atoms with van der Waals surface area (Å²) in [6, 6.07) is 34.3. The van der Waals surface area contributed by atoms with Crippen LogP contribution in [-0.2, 0) is 6.54 Å². The van der Waals surface area contributed by atoms with Gasteiger partial charge < -0.3 is 4.57 Å². The Morgan fingerprint density at radius 1 is 0.778 bits per heavy atom. The predicted octanol–water partition coefficient (Wildman–Crippen LogP) is 6.87. The normalized spacial score (nSPS) is 11.6. The van der Waals surface area contributed by atoms with Crippen LogP contribution in [0.4, 0.5) is 0 Å². The monoisotopic (exact) mass is 467 g/mol. The van der Waals surface area contributed by atoms with Crippen molar-refractivity contribution in [2.45, 2.75) is 13.5 Å². The lowest BCUT2D eigenvalue weighted by Gasteiger charge is -2.12. The zero-order chi connectivity index (χ0) is 24.5. The van der Waals surface area contributed by atoms with Crippen molar-refractivity contribution in [2.24, 2.45) is 0 Å². The molecule has 0 radical (unpaired) electrons. The van der Waals surface area contributed by atoms with Crippen LogP contribution in [0.5, 0.6) is 0 Å². The van der Waals surface area contributed by atoms with Crippen LogP contribution in [0.15, 0.2) is 114 Å². The third-order valence-corrected chi connectivity index (χ3v) is 6.49. The molecule has 36 heavy (non-hydrogen) atoms. The fraction of sp³-hybridized carbons (Fsp3) is 0.0625. The second-order valence-corrected chi connectivity index (χ2v) is 9.02. The van der Waals surface area contributed by atoms with Gasteiger partial charge in [0, 0.05) is 29.2 Å². The summed E-state index contributed by atoms with van der Waals surface area (Å²) in [6.07, 6.45) is 6.18. The zero-order valence-electron chi connectivity index (χ0n) is 20.0. The third-order valence-electron chi connectivity index (χ3n) is 6.49. The summed E-state index contributed by atoms with van der Waals surface area (Å²) in [5, 5.41) is 1.77. The SMILES string of the molecule is Cc1cccc(-n2c(/C=C\c3cn(Cc4ccccc4)c4ccccc34)nc3ccccc3c2=O)c1. The summed E-state index contributed by atoms with van der Waals surface area (Å²) in [7, 11) is 0. The van der Waals surface area contributed by atoms with Crippen LogP contribution < -0.4 is 5.56 Å². The quantitative estimate of drug-likeness (QED) is 0.278. The van der Waals surface area contributed by atoms with Crippen LogP contribution in [0.2, 0.25) is 0 Å². The van der Waals surface area contributed by atoms with Crippen molar-refractivity contribution >= 4 is 34.0 Å². The number of aryl methyl sites for hydroxylation is 1. The molecule has 2 heterocycles. The Balaban J connectivity index is 1.50. The topological polar surface area (TPSA) is 39.8 Å². The van der Waals surface area contributed by atoms with Gasteiger partial charge >= 0.3 is 0 Å². The van der Waals surface area contributed by atoms with Gasteiger partial charge in [0.25, 0.3) is 5.56 Å². The molecular weight excluding hydrogens is 442 g/mol. The highest BCUT2D eigenvalue weighted by Gasteiger charge is 2.12. The molecule has 0 N–H and O–H groups in total. The summed E-state index contributed by atoms with van der Waals surface area (Å²) in [5.41, 5.74) is 6.02. The fourth-order valence-electron chi connectivity index (χ4n) is 4.76. The Kier molecular flexibility index (Phi) is 5.55. The minimum atomic E-state index is -0.0719. The van der Waals surface area contributed by atoms with Crippen molar-refractivity contribution in [3.8, 4) is 5.69 Å². The predicted molar refractivity (Wildman–Crippen MR) is 148 cm³/mol. The molecule has 0 aliphatic heterocycles. The molecule has 0 fully saturated rings. The largest absolute Gasteiger partial charge is 0.342 e. The Morgan fingerprint density at radius 3 is 2.36 bits per heavy atom. The van der Waals surface area contributed by atoms with E-state index in [0.29, 0.717) is 16.7 Å². The van der Waals surface area contributed by atoms with Gasteiger partial charge in [0.15, 0.2) is 0 Å². The van der Waals surface area contributed by atoms with Crippen molar-refractivity contribution in [1.29, 1.82) is 0 Å². The average Bonchev–Trinajstić information content (AvgIpc) is 3.25. The molecule has 0 atom stereocenters. The molecule has 0 amide bonds. The molecule has 0 bridgehead atoms. The maximum Gasteiger partial charge on any atom is 0.266 e. The maximum atomic E-state index is 13.6. The van der Waals surface area contributed by atoms with E-state index in [1.54, 1.807) is 4.57 Å². The first-order valence-corrected chi connectivity index (χ1v) is 12.1. The molecule has 6 aromatic rings. The smallest absolute Gasteiger partial charge is 0.266 e. The van der Waals surface area contributed by atoms with Crippen LogP contribution >= 0.6 is 0 Å². The fourth-order valence-corrected chi connectivity index (χ4v) is 4.76. The van der Waals surface area contributed by atoms with Crippen molar-refractivity contribution in [3.63, 3.8) is 0 Å². The van der Waals surface area contributed by atoms with E-state index in [1.807, 2.05) is 67.6 Å². The number of benzene rings is 4. The lowest BCUT2D eigenvalue weighted by Crippen LogP contribution is -2.22. The highest BCUT2D eigenvalue weighted by molar-refractivity contribution is 5.92. The standard InChI is InChI=1S/C32H25N3O/c1-23-10-9-13-26(20-23)35-31(33-29-16-7-5-15-28(29)32(35)36)19-18-25-22-34(21-24-11-3-2-4-12-24)30-17-8-6-14-27(25)30/h2-20,22H,21H2,1H3/b19-18-. The summed E-state index contributed by atoms with van der Waals surface area (Å²) in [4.78, 5) is 18.5. The number of nitrogens with zero attached hydrogens (tertiary/aromatic N) is 3. The second kappa shape index (κ2) is 9.16. The van der Waals surface area contributed by atoms with E-state index < -0.39 is 0 Å². The zero-order valence-corrected chi connectivity index (χ0v) is 20.0. The first kappa shape index (κ1) is 21.8. The lowest BCUT2D eigenvalue weighted by molar-refractivity contribution is 0.836.